The molecule has 0 aliphatic carbocycles. The lowest BCUT2D eigenvalue weighted by atomic mass is 10.1. The molecule has 2 aromatic rings. The summed E-state index contributed by atoms with van der Waals surface area (Å²) in [6.45, 7) is 2.86. The molecule has 0 aromatic heterocycles. The van der Waals surface area contributed by atoms with Crippen LogP contribution in [0.3, 0.4) is 0 Å². The molecule has 0 saturated carbocycles. The summed E-state index contributed by atoms with van der Waals surface area (Å²) >= 11 is 0. The van der Waals surface area contributed by atoms with Crippen LogP contribution in [0.25, 0.3) is 6.08 Å². The van der Waals surface area contributed by atoms with E-state index in [4.69, 9.17) is 4.74 Å². The van der Waals surface area contributed by atoms with E-state index in [0.29, 0.717) is 6.61 Å². The van der Waals surface area contributed by atoms with E-state index in [-0.39, 0.29) is 6.10 Å². The van der Waals surface area contributed by atoms with Gasteiger partial charge in [-0.15, -0.1) is 0 Å². The summed E-state index contributed by atoms with van der Waals surface area (Å²) < 4.78 is 6.00. The third-order valence-electron chi connectivity index (χ3n) is 3.18. The Morgan fingerprint density at radius 1 is 0.950 bits per heavy atom. The van der Waals surface area contributed by atoms with Crippen molar-refractivity contribution in [3.63, 3.8) is 0 Å². The second kappa shape index (κ2) is 8.34. The molecule has 2 aromatic carbocycles. The topological polar surface area (TPSA) is 9.23 Å². The van der Waals surface area contributed by atoms with Gasteiger partial charge in [0, 0.05) is 0 Å². The summed E-state index contributed by atoms with van der Waals surface area (Å²) in [6.07, 6.45) is 6.67. The normalized spacial score (nSPS) is 12.7. The highest BCUT2D eigenvalue weighted by atomic mass is 16.5. The molecule has 104 valence electrons. The summed E-state index contributed by atoms with van der Waals surface area (Å²) in [5, 5.41) is 0. The molecule has 2 rings (SSSR count). The van der Waals surface area contributed by atoms with Gasteiger partial charge in [-0.05, 0) is 17.5 Å². The van der Waals surface area contributed by atoms with E-state index in [1.54, 1.807) is 0 Å². The van der Waals surface area contributed by atoms with E-state index in [1.807, 2.05) is 24.3 Å². The predicted molar refractivity (Wildman–Crippen MR) is 85.4 cm³/mol. The van der Waals surface area contributed by atoms with Crippen LogP contribution in [0.4, 0.5) is 0 Å². The van der Waals surface area contributed by atoms with E-state index in [2.05, 4.69) is 55.5 Å². The molecule has 0 amide bonds. The van der Waals surface area contributed by atoms with Gasteiger partial charge in [-0.3, -0.25) is 0 Å². The molecular formula is C19H22O. The van der Waals surface area contributed by atoms with Crippen LogP contribution in [0, 0.1) is 0 Å². The zero-order valence-electron chi connectivity index (χ0n) is 12.0. The highest BCUT2D eigenvalue weighted by Crippen LogP contribution is 2.11. The van der Waals surface area contributed by atoms with Crippen LogP contribution >= 0.6 is 0 Å². The van der Waals surface area contributed by atoms with Crippen LogP contribution in [-0.2, 0) is 11.3 Å². The van der Waals surface area contributed by atoms with Crippen molar-refractivity contribution in [1.29, 1.82) is 0 Å². The van der Waals surface area contributed by atoms with Crippen molar-refractivity contribution in [2.75, 3.05) is 0 Å². The maximum atomic E-state index is 6.00. The molecule has 0 N–H and O–H groups in total. The fraction of sp³-hybridized carbons (Fsp3) is 0.263. The zero-order valence-corrected chi connectivity index (χ0v) is 12.0. The van der Waals surface area contributed by atoms with Crippen molar-refractivity contribution in [2.45, 2.75) is 32.5 Å². The SMILES string of the molecule is CCC[C@H](/C=C/c1ccccc1)OCc1ccccc1. The molecule has 0 fully saturated rings. The molecule has 0 spiro atoms. The largest absolute Gasteiger partial charge is 0.369 e. The number of hydrogen-bond donors (Lipinski definition) is 0. The molecule has 1 heteroatoms. The molecule has 0 unspecified atom stereocenters. The van der Waals surface area contributed by atoms with Crippen LogP contribution in [0.2, 0.25) is 0 Å². The molecule has 0 radical (unpaired) electrons. The second-order valence-electron chi connectivity index (χ2n) is 4.89. The maximum Gasteiger partial charge on any atom is 0.0763 e. The first-order valence-corrected chi connectivity index (χ1v) is 7.27. The van der Waals surface area contributed by atoms with Gasteiger partial charge in [-0.2, -0.15) is 0 Å². The smallest absolute Gasteiger partial charge is 0.0763 e. The first kappa shape index (κ1) is 14.5. The van der Waals surface area contributed by atoms with E-state index in [0.717, 1.165) is 12.8 Å². The standard InChI is InChI=1S/C19H22O/c1-2-9-19(15-14-17-10-5-3-6-11-17)20-16-18-12-7-4-8-13-18/h3-8,10-15,19H,2,9,16H2,1H3/b15-14+/t19-/m1/s1. The zero-order chi connectivity index (χ0) is 14.0. The molecule has 20 heavy (non-hydrogen) atoms. The molecule has 0 aliphatic rings. The molecule has 0 aliphatic heterocycles. The first-order valence-electron chi connectivity index (χ1n) is 7.27. The van der Waals surface area contributed by atoms with Gasteiger partial charge in [0.25, 0.3) is 0 Å². The van der Waals surface area contributed by atoms with Crippen LogP contribution in [0.15, 0.2) is 66.7 Å². The average Bonchev–Trinajstić information content (AvgIpc) is 2.52. The quantitative estimate of drug-likeness (QED) is 0.678. The van der Waals surface area contributed by atoms with Gasteiger partial charge in [0.2, 0.25) is 0 Å². The summed E-state index contributed by atoms with van der Waals surface area (Å²) in [5.41, 5.74) is 2.44. The Morgan fingerprint density at radius 2 is 1.60 bits per heavy atom. The Bertz CT molecular complexity index is 502. The highest BCUT2D eigenvalue weighted by molar-refractivity contribution is 5.49. The Kier molecular flexibility index (Phi) is 6.07. The Hall–Kier alpha value is -1.86. The van der Waals surface area contributed by atoms with Crippen molar-refractivity contribution in [3.8, 4) is 0 Å². The lowest BCUT2D eigenvalue weighted by Gasteiger charge is -2.13. The van der Waals surface area contributed by atoms with Gasteiger partial charge in [0.15, 0.2) is 0 Å². The van der Waals surface area contributed by atoms with Gasteiger partial charge in [-0.1, -0.05) is 86.2 Å². The van der Waals surface area contributed by atoms with E-state index < -0.39 is 0 Å². The maximum absolute atomic E-state index is 6.00. The van der Waals surface area contributed by atoms with Crippen LogP contribution in [0.1, 0.15) is 30.9 Å². The van der Waals surface area contributed by atoms with Crippen LogP contribution < -0.4 is 0 Å². The minimum Gasteiger partial charge on any atom is -0.369 e. The Morgan fingerprint density at radius 3 is 2.25 bits per heavy atom. The molecule has 1 atom stereocenters. The minimum atomic E-state index is 0.181. The van der Waals surface area contributed by atoms with Gasteiger partial charge in [0.1, 0.15) is 0 Å². The fourth-order valence-corrected chi connectivity index (χ4v) is 2.08. The molecule has 0 bridgehead atoms. The number of hydrogen-bond acceptors (Lipinski definition) is 1. The third-order valence-corrected chi connectivity index (χ3v) is 3.18. The van der Waals surface area contributed by atoms with Gasteiger partial charge < -0.3 is 4.74 Å². The van der Waals surface area contributed by atoms with E-state index in [9.17, 15) is 0 Å². The van der Waals surface area contributed by atoms with E-state index in [1.165, 1.54) is 11.1 Å². The lowest BCUT2D eigenvalue weighted by Crippen LogP contribution is -2.09. The molecule has 0 heterocycles. The van der Waals surface area contributed by atoms with Crippen molar-refractivity contribution >= 4 is 6.08 Å². The molecule has 0 saturated heterocycles. The van der Waals surface area contributed by atoms with Crippen molar-refractivity contribution in [3.05, 3.63) is 77.9 Å². The number of rotatable bonds is 7. The fourth-order valence-electron chi connectivity index (χ4n) is 2.08. The van der Waals surface area contributed by atoms with Crippen molar-refractivity contribution < 1.29 is 4.74 Å². The minimum absolute atomic E-state index is 0.181. The van der Waals surface area contributed by atoms with E-state index >= 15 is 0 Å². The van der Waals surface area contributed by atoms with Crippen molar-refractivity contribution in [1.82, 2.24) is 0 Å². The van der Waals surface area contributed by atoms with Gasteiger partial charge in [0.05, 0.1) is 12.7 Å². The summed E-state index contributed by atoms with van der Waals surface area (Å²) in [7, 11) is 0. The lowest BCUT2D eigenvalue weighted by molar-refractivity contribution is 0.0665. The van der Waals surface area contributed by atoms with Crippen molar-refractivity contribution in [2.24, 2.45) is 0 Å². The highest BCUT2D eigenvalue weighted by Gasteiger charge is 2.04. The number of ether oxygens (including phenoxy) is 1. The summed E-state index contributed by atoms with van der Waals surface area (Å²) in [4.78, 5) is 0. The Labute approximate surface area is 121 Å². The predicted octanol–water partition coefficient (Wildman–Crippen LogP) is 5.09. The first-order chi connectivity index (χ1) is 9.88. The summed E-state index contributed by atoms with van der Waals surface area (Å²) in [5.74, 6) is 0. The van der Waals surface area contributed by atoms with Gasteiger partial charge >= 0.3 is 0 Å². The summed E-state index contributed by atoms with van der Waals surface area (Å²) in [6, 6.07) is 20.7. The molecular weight excluding hydrogens is 244 g/mol. The average molecular weight is 266 g/mol. The number of benzene rings is 2. The monoisotopic (exact) mass is 266 g/mol. The molecule has 1 nitrogen and oxygen atoms in total. The van der Waals surface area contributed by atoms with Gasteiger partial charge in [-0.25, -0.2) is 0 Å². The third kappa shape index (κ3) is 5.02. The Balaban J connectivity index is 1.92. The van der Waals surface area contributed by atoms with Crippen LogP contribution in [0.5, 0.6) is 0 Å². The van der Waals surface area contributed by atoms with Crippen LogP contribution in [-0.4, -0.2) is 6.10 Å². The second-order valence-corrected chi connectivity index (χ2v) is 4.89.